The molecule has 0 aliphatic heterocycles. The van der Waals surface area contributed by atoms with Crippen LogP contribution in [0, 0.1) is 0 Å². The van der Waals surface area contributed by atoms with Gasteiger partial charge in [0.15, 0.2) is 19.9 Å². The predicted octanol–water partition coefficient (Wildman–Crippen LogP) is 2.36. The molecule has 1 N–H and O–H groups in total. The van der Waals surface area contributed by atoms with Crippen LogP contribution in [0.4, 0.5) is 8.78 Å². The molecule has 3 aromatic rings. The Morgan fingerprint density at radius 3 is 2.77 bits per heavy atom. The lowest BCUT2D eigenvalue weighted by atomic mass is 10.2. The Kier molecular flexibility index (Phi) is 4.96. The molecule has 0 saturated heterocycles. The van der Waals surface area contributed by atoms with Gasteiger partial charge in [0.25, 0.3) is 6.43 Å². The van der Waals surface area contributed by atoms with E-state index in [1.807, 2.05) is 0 Å². The molecule has 0 radical (unpaired) electrons. The van der Waals surface area contributed by atoms with Crippen LogP contribution in [-0.2, 0) is 19.4 Å². The van der Waals surface area contributed by atoms with Crippen molar-refractivity contribution in [1.29, 1.82) is 0 Å². The topological polar surface area (TPSA) is 115 Å². The number of fused-ring (bicyclic) bond motifs is 1. The number of aromatic nitrogens is 4. The first-order chi connectivity index (χ1) is 12.3. The Hall–Kier alpha value is -2.47. The zero-order chi connectivity index (χ0) is 18.9. The number of hydrogen-bond donors (Lipinski definition) is 1. The molecule has 1 aromatic carbocycles. The molecule has 2 aromatic heterocycles. The van der Waals surface area contributed by atoms with Crippen LogP contribution in [0.3, 0.4) is 0 Å². The molecule has 0 saturated carbocycles. The average Bonchev–Trinajstić information content (AvgIpc) is 3.25. The molecule has 0 unspecified atom stereocenters. The first-order valence-corrected chi connectivity index (χ1v) is 9.68. The molecule has 3 rings (SSSR count). The minimum atomic E-state index is -3.74. The number of rotatable bonds is 6. The number of aromatic amines is 1. The third kappa shape index (κ3) is 3.55. The summed E-state index contributed by atoms with van der Waals surface area (Å²) in [6.45, 7) is 0. The second kappa shape index (κ2) is 7.03. The number of benzene rings is 1. The van der Waals surface area contributed by atoms with Gasteiger partial charge in [-0.1, -0.05) is 11.3 Å². The number of nitrogens with zero attached hydrogens (tertiary/aromatic N) is 3. The molecule has 0 bridgehead atoms. The van der Waals surface area contributed by atoms with E-state index in [0.717, 1.165) is 0 Å². The summed E-state index contributed by atoms with van der Waals surface area (Å²) in [6.07, 6.45) is -3.02. The van der Waals surface area contributed by atoms with E-state index in [1.54, 1.807) is 0 Å². The van der Waals surface area contributed by atoms with Gasteiger partial charge in [-0.25, -0.2) is 17.2 Å². The predicted molar refractivity (Wildman–Crippen MR) is 88.6 cm³/mol. The number of nitrogens with one attached hydrogen (secondary N) is 1. The fourth-order valence-electron chi connectivity index (χ4n) is 2.21. The summed E-state index contributed by atoms with van der Waals surface area (Å²) in [5, 5.41) is 13.9. The molecule has 138 valence electrons. The van der Waals surface area contributed by atoms with Crippen molar-refractivity contribution in [3.63, 3.8) is 0 Å². The number of carbonyl (C=O) groups is 1. The van der Waals surface area contributed by atoms with Crippen LogP contribution >= 0.6 is 11.3 Å². The summed E-state index contributed by atoms with van der Waals surface area (Å²) >= 11 is 0.679. The van der Waals surface area contributed by atoms with Gasteiger partial charge < -0.3 is 4.74 Å². The summed E-state index contributed by atoms with van der Waals surface area (Å²) in [4.78, 5) is 11.2. The van der Waals surface area contributed by atoms with Crippen molar-refractivity contribution in [1.82, 2.24) is 20.4 Å². The fraction of sp³-hybridized carbons (Fsp3) is 0.286. The Bertz CT molecular complexity index is 1060. The van der Waals surface area contributed by atoms with Gasteiger partial charge in [0.2, 0.25) is 0 Å². The molecular formula is C14H12F2N4O4S2. The molecular weight excluding hydrogens is 390 g/mol. The summed E-state index contributed by atoms with van der Waals surface area (Å²) in [6, 6.07) is 4.25. The summed E-state index contributed by atoms with van der Waals surface area (Å²) < 4.78 is 54.6. The highest BCUT2D eigenvalue weighted by molar-refractivity contribution is 7.91. The van der Waals surface area contributed by atoms with Gasteiger partial charge in [0.1, 0.15) is 5.69 Å². The van der Waals surface area contributed by atoms with Crippen molar-refractivity contribution in [2.24, 2.45) is 0 Å². The maximum Gasteiger partial charge on any atom is 0.306 e. The van der Waals surface area contributed by atoms with Crippen molar-refractivity contribution in [3.05, 3.63) is 23.2 Å². The summed E-state index contributed by atoms with van der Waals surface area (Å²) in [5.74, 6) is -1.04. The van der Waals surface area contributed by atoms with Crippen molar-refractivity contribution in [2.45, 2.75) is 17.7 Å². The van der Waals surface area contributed by atoms with E-state index < -0.39 is 33.0 Å². The molecule has 26 heavy (non-hydrogen) atoms. The zero-order valence-corrected chi connectivity index (χ0v) is 14.9. The van der Waals surface area contributed by atoms with Crippen LogP contribution in [0.2, 0.25) is 0 Å². The van der Waals surface area contributed by atoms with E-state index in [1.165, 1.54) is 25.3 Å². The van der Waals surface area contributed by atoms with E-state index in [4.69, 9.17) is 0 Å². The number of sulfone groups is 1. The van der Waals surface area contributed by atoms with Crippen LogP contribution in [0.1, 0.15) is 17.9 Å². The molecule has 0 aliphatic rings. The Labute approximate surface area is 150 Å². The number of methoxy groups -OCH3 is 1. The zero-order valence-electron chi connectivity index (χ0n) is 13.3. The highest BCUT2D eigenvalue weighted by Crippen LogP contribution is 2.33. The number of H-pyrrole nitrogens is 1. The van der Waals surface area contributed by atoms with E-state index in [0.29, 0.717) is 22.2 Å². The molecule has 0 spiro atoms. The Morgan fingerprint density at radius 2 is 2.12 bits per heavy atom. The number of esters is 1. The molecule has 0 atom stereocenters. The monoisotopic (exact) mass is 402 g/mol. The molecule has 0 fully saturated rings. The van der Waals surface area contributed by atoms with Crippen LogP contribution in [0.15, 0.2) is 23.1 Å². The van der Waals surface area contributed by atoms with Gasteiger partial charge in [0, 0.05) is 5.39 Å². The number of halogens is 2. The lowest BCUT2D eigenvalue weighted by molar-refractivity contribution is -0.140. The van der Waals surface area contributed by atoms with E-state index in [9.17, 15) is 22.0 Å². The number of ether oxygens (including phenoxy) is 1. The number of alkyl halides is 2. The normalized spacial score (nSPS) is 12.0. The Morgan fingerprint density at radius 1 is 1.35 bits per heavy atom. The van der Waals surface area contributed by atoms with Crippen molar-refractivity contribution >= 4 is 38.0 Å². The van der Waals surface area contributed by atoms with E-state index in [-0.39, 0.29) is 22.0 Å². The second-order valence-electron chi connectivity index (χ2n) is 5.17. The summed E-state index contributed by atoms with van der Waals surface area (Å²) in [7, 11) is -2.56. The van der Waals surface area contributed by atoms with Crippen molar-refractivity contribution < 1.29 is 26.7 Å². The van der Waals surface area contributed by atoms with Crippen molar-refractivity contribution in [2.75, 3.05) is 12.9 Å². The van der Waals surface area contributed by atoms with Crippen LogP contribution in [-0.4, -0.2) is 47.6 Å². The largest absolute Gasteiger partial charge is 0.469 e. The minimum absolute atomic E-state index is 0.0184. The lowest BCUT2D eigenvalue weighted by Crippen LogP contribution is -2.12. The number of carbonyl (C=O) groups excluding carboxylic acids is 1. The third-order valence-corrected chi connectivity index (χ3v) is 6.18. The average molecular weight is 402 g/mol. The van der Waals surface area contributed by atoms with Gasteiger partial charge in [0.05, 0.1) is 29.7 Å². The smallest absolute Gasteiger partial charge is 0.306 e. The van der Waals surface area contributed by atoms with E-state index in [2.05, 4.69) is 25.1 Å². The van der Waals surface area contributed by atoms with Gasteiger partial charge in [-0.3, -0.25) is 9.89 Å². The maximum atomic E-state index is 12.7. The Balaban J connectivity index is 1.98. The first-order valence-electron chi connectivity index (χ1n) is 7.21. The highest BCUT2D eigenvalue weighted by Gasteiger charge is 2.21. The molecule has 2 heterocycles. The third-order valence-electron chi connectivity index (χ3n) is 3.53. The first kappa shape index (κ1) is 18.3. The van der Waals surface area contributed by atoms with E-state index >= 15 is 0 Å². The standard InChI is InChI=1S/C14H12F2N4O4S2/c1-24-10(21)4-5-26(22,23)7-2-3-9-8(6-7)11(18-17-9)13-19-20-14(25-13)12(15)16/h2-3,6,12H,4-5H2,1H3,(H,17,18). The highest BCUT2D eigenvalue weighted by atomic mass is 32.2. The van der Waals surface area contributed by atoms with Crippen LogP contribution in [0.5, 0.6) is 0 Å². The second-order valence-corrected chi connectivity index (χ2v) is 8.29. The maximum absolute atomic E-state index is 12.7. The van der Waals surface area contributed by atoms with Crippen LogP contribution < -0.4 is 0 Å². The fourth-order valence-corrected chi connectivity index (χ4v) is 4.15. The molecule has 12 heteroatoms. The SMILES string of the molecule is COC(=O)CCS(=O)(=O)c1ccc2[nH]nc(-c3nnc(C(F)F)s3)c2c1. The van der Waals surface area contributed by atoms with Gasteiger partial charge >= 0.3 is 5.97 Å². The molecule has 0 amide bonds. The quantitative estimate of drug-likeness (QED) is 0.629. The molecule has 0 aliphatic carbocycles. The van der Waals surface area contributed by atoms with Crippen LogP contribution in [0.25, 0.3) is 21.6 Å². The van der Waals surface area contributed by atoms with Gasteiger partial charge in [-0.2, -0.15) is 5.10 Å². The van der Waals surface area contributed by atoms with Gasteiger partial charge in [-0.15, -0.1) is 10.2 Å². The summed E-state index contributed by atoms with van der Waals surface area (Å²) in [5.41, 5.74) is 0.745. The van der Waals surface area contributed by atoms with Crippen molar-refractivity contribution in [3.8, 4) is 10.7 Å². The number of hydrogen-bond acceptors (Lipinski definition) is 8. The lowest BCUT2D eigenvalue weighted by Gasteiger charge is -2.04. The molecule has 8 nitrogen and oxygen atoms in total. The van der Waals surface area contributed by atoms with Gasteiger partial charge in [-0.05, 0) is 18.2 Å². The minimum Gasteiger partial charge on any atom is -0.469 e.